The van der Waals surface area contributed by atoms with E-state index < -0.39 is 6.03 Å². The van der Waals surface area contributed by atoms with Crippen molar-refractivity contribution in [3.05, 3.63) is 29.8 Å². The minimum atomic E-state index is -0.438. The normalized spacial score (nSPS) is 14.9. The second-order valence-electron chi connectivity index (χ2n) is 4.72. The summed E-state index contributed by atoms with van der Waals surface area (Å²) in [6, 6.07) is 7.04. The highest BCUT2D eigenvalue weighted by molar-refractivity contribution is 6.06. The van der Waals surface area contributed by atoms with Gasteiger partial charge in [-0.15, -0.1) is 0 Å². The predicted octanol–water partition coefficient (Wildman–Crippen LogP) is 1.08. The van der Waals surface area contributed by atoms with Gasteiger partial charge in [-0.1, -0.05) is 19.1 Å². The monoisotopic (exact) mass is 275 g/mol. The first-order valence-electron chi connectivity index (χ1n) is 6.45. The van der Waals surface area contributed by atoms with Crippen molar-refractivity contribution in [2.75, 3.05) is 25.5 Å². The number of nitrogens with zero attached hydrogens (tertiary/aromatic N) is 2. The first-order valence-corrected chi connectivity index (χ1v) is 6.45. The molecule has 6 heteroatoms. The largest absolute Gasteiger partial charge is 0.327 e. The Morgan fingerprint density at radius 3 is 2.70 bits per heavy atom. The maximum atomic E-state index is 11.9. The highest BCUT2D eigenvalue weighted by Crippen LogP contribution is 2.12. The van der Waals surface area contributed by atoms with Gasteiger partial charge in [0, 0.05) is 12.7 Å². The number of imide groups is 1. The Morgan fingerprint density at radius 2 is 2.10 bits per heavy atom. The van der Waals surface area contributed by atoms with Crippen LogP contribution in [0, 0.1) is 0 Å². The fourth-order valence-electron chi connectivity index (χ4n) is 2.04. The molecule has 20 heavy (non-hydrogen) atoms. The van der Waals surface area contributed by atoms with Crippen molar-refractivity contribution < 1.29 is 14.4 Å². The lowest BCUT2D eigenvalue weighted by molar-refractivity contribution is -0.129. The van der Waals surface area contributed by atoms with Crippen molar-refractivity contribution in [2.24, 2.45) is 0 Å². The van der Waals surface area contributed by atoms with E-state index in [9.17, 15) is 14.4 Å². The van der Waals surface area contributed by atoms with Gasteiger partial charge in [0.1, 0.15) is 13.1 Å². The molecule has 2 rings (SSSR count). The van der Waals surface area contributed by atoms with Gasteiger partial charge in [0.2, 0.25) is 5.91 Å². The van der Waals surface area contributed by atoms with Gasteiger partial charge in [0.15, 0.2) is 0 Å². The summed E-state index contributed by atoms with van der Waals surface area (Å²) in [4.78, 5) is 37.4. The molecule has 1 N–H and O–H groups in total. The predicted molar refractivity (Wildman–Crippen MR) is 74.2 cm³/mol. The number of carbonyl (C=O) groups excluding carboxylic acids is 3. The summed E-state index contributed by atoms with van der Waals surface area (Å²) < 4.78 is 0. The molecule has 1 aliphatic rings. The van der Waals surface area contributed by atoms with Gasteiger partial charge in [-0.25, -0.2) is 4.79 Å². The van der Waals surface area contributed by atoms with Crippen molar-refractivity contribution in [3.63, 3.8) is 0 Å². The highest BCUT2D eigenvalue weighted by atomic mass is 16.2. The molecule has 0 unspecified atom stereocenters. The van der Waals surface area contributed by atoms with Gasteiger partial charge in [-0.3, -0.25) is 14.5 Å². The number of carbonyl (C=O) groups is 3. The first-order chi connectivity index (χ1) is 9.51. The molecule has 1 saturated heterocycles. The van der Waals surface area contributed by atoms with Crippen LogP contribution < -0.4 is 5.32 Å². The summed E-state index contributed by atoms with van der Waals surface area (Å²) >= 11 is 0. The van der Waals surface area contributed by atoms with Gasteiger partial charge in [0.05, 0.1) is 0 Å². The summed E-state index contributed by atoms with van der Waals surface area (Å²) in [5.41, 5.74) is 1.78. The molecule has 0 aliphatic carbocycles. The van der Waals surface area contributed by atoms with Crippen molar-refractivity contribution in [2.45, 2.75) is 13.3 Å². The SMILES string of the molecule is CCc1cccc(NC(=O)CN2C(=O)CN(C)C2=O)c1. The van der Waals surface area contributed by atoms with Crippen LogP contribution in [0.4, 0.5) is 10.5 Å². The zero-order chi connectivity index (χ0) is 14.7. The number of hydrogen-bond acceptors (Lipinski definition) is 3. The zero-order valence-electron chi connectivity index (χ0n) is 11.5. The molecule has 1 aromatic rings. The topological polar surface area (TPSA) is 69.7 Å². The zero-order valence-corrected chi connectivity index (χ0v) is 11.5. The van der Waals surface area contributed by atoms with Gasteiger partial charge >= 0.3 is 6.03 Å². The number of benzene rings is 1. The van der Waals surface area contributed by atoms with Crippen LogP contribution >= 0.6 is 0 Å². The second kappa shape index (κ2) is 5.73. The molecule has 106 valence electrons. The Kier molecular flexibility index (Phi) is 4.02. The van der Waals surface area contributed by atoms with Crippen LogP contribution in [-0.4, -0.2) is 47.8 Å². The number of amides is 4. The third-order valence-corrected chi connectivity index (χ3v) is 3.15. The number of urea groups is 1. The van der Waals surface area contributed by atoms with Crippen molar-refractivity contribution in [3.8, 4) is 0 Å². The van der Waals surface area contributed by atoms with Crippen molar-refractivity contribution in [1.82, 2.24) is 9.80 Å². The van der Waals surface area contributed by atoms with Gasteiger partial charge in [-0.05, 0) is 24.1 Å². The molecule has 1 fully saturated rings. The van der Waals surface area contributed by atoms with E-state index in [1.165, 1.54) is 11.9 Å². The van der Waals surface area contributed by atoms with Crippen LogP contribution in [0.1, 0.15) is 12.5 Å². The first kappa shape index (κ1) is 14.0. The minimum Gasteiger partial charge on any atom is -0.325 e. The second-order valence-corrected chi connectivity index (χ2v) is 4.72. The van der Waals surface area contributed by atoms with E-state index in [0.717, 1.165) is 16.9 Å². The quantitative estimate of drug-likeness (QED) is 0.836. The number of anilines is 1. The van der Waals surface area contributed by atoms with Crippen LogP contribution in [0.2, 0.25) is 0 Å². The molecule has 0 spiro atoms. The number of rotatable bonds is 4. The molecule has 4 amide bonds. The van der Waals surface area contributed by atoms with Crippen LogP contribution in [0.3, 0.4) is 0 Å². The van der Waals surface area contributed by atoms with Gasteiger partial charge in [0.25, 0.3) is 5.91 Å². The lowest BCUT2D eigenvalue weighted by atomic mass is 10.1. The Bertz CT molecular complexity index is 556. The van der Waals surface area contributed by atoms with E-state index in [1.54, 1.807) is 6.07 Å². The third-order valence-electron chi connectivity index (χ3n) is 3.15. The summed E-state index contributed by atoms with van der Waals surface area (Å²) in [5.74, 6) is -0.731. The lowest BCUT2D eigenvalue weighted by Crippen LogP contribution is -2.38. The Balaban J connectivity index is 1.99. The van der Waals surface area contributed by atoms with E-state index in [-0.39, 0.29) is 24.9 Å². The molecule has 1 aliphatic heterocycles. The van der Waals surface area contributed by atoms with Crippen LogP contribution in [-0.2, 0) is 16.0 Å². The maximum absolute atomic E-state index is 11.9. The number of hydrogen-bond donors (Lipinski definition) is 1. The van der Waals surface area contributed by atoms with Crippen LogP contribution in [0.25, 0.3) is 0 Å². The lowest BCUT2D eigenvalue weighted by Gasteiger charge is -2.14. The van der Waals surface area contributed by atoms with Crippen molar-refractivity contribution in [1.29, 1.82) is 0 Å². The number of likely N-dealkylation sites (N-methyl/N-ethyl adjacent to an activating group) is 1. The van der Waals surface area contributed by atoms with E-state index in [1.807, 2.05) is 25.1 Å². The standard InChI is InChI=1S/C14H17N3O3/c1-3-10-5-4-6-11(7-10)15-12(18)8-17-13(19)9-16(2)14(17)20/h4-7H,3,8-9H2,1-2H3,(H,15,18). The number of aryl methyl sites for hydroxylation is 1. The third kappa shape index (κ3) is 2.96. The fourth-order valence-corrected chi connectivity index (χ4v) is 2.04. The Labute approximate surface area is 117 Å². The fraction of sp³-hybridized carbons (Fsp3) is 0.357. The molecular weight excluding hydrogens is 258 g/mol. The van der Waals surface area contributed by atoms with E-state index in [0.29, 0.717) is 5.69 Å². The molecule has 0 bridgehead atoms. The van der Waals surface area contributed by atoms with Crippen LogP contribution in [0.15, 0.2) is 24.3 Å². The van der Waals surface area contributed by atoms with Gasteiger partial charge < -0.3 is 10.2 Å². The Morgan fingerprint density at radius 1 is 1.35 bits per heavy atom. The molecule has 0 saturated carbocycles. The smallest absolute Gasteiger partial charge is 0.325 e. The summed E-state index contributed by atoms with van der Waals surface area (Å²) in [6.07, 6.45) is 0.873. The summed E-state index contributed by atoms with van der Waals surface area (Å²) in [7, 11) is 1.53. The molecule has 1 aromatic carbocycles. The average Bonchev–Trinajstić information content (AvgIpc) is 2.65. The van der Waals surface area contributed by atoms with E-state index in [2.05, 4.69) is 5.32 Å². The van der Waals surface area contributed by atoms with E-state index in [4.69, 9.17) is 0 Å². The highest BCUT2D eigenvalue weighted by Gasteiger charge is 2.34. The summed E-state index contributed by atoms with van der Waals surface area (Å²) in [6.45, 7) is 1.80. The average molecular weight is 275 g/mol. The molecule has 0 atom stereocenters. The molecule has 6 nitrogen and oxygen atoms in total. The molecule has 1 heterocycles. The summed E-state index contributed by atoms with van der Waals surface area (Å²) in [5, 5.41) is 2.70. The van der Waals surface area contributed by atoms with E-state index >= 15 is 0 Å². The van der Waals surface area contributed by atoms with Gasteiger partial charge in [-0.2, -0.15) is 0 Å². The van der Waals surface area contributed by atoms with Crippen molar-refractivity contribution >= 4 is 23.5 Å². The van der Waals surface area contributed by atoms with Crippen LogP contribution in [0.5, 0.6) is 0 Å². The number of nitrogens with one attached hydrogen (secondary N) is 1. The molecule has 0 radical (unpaired) electrons. The maximum Gasteiger partial charge on any atom is 0.327 e. The molecular formula is C14H17N3O3. The molecule has 0 aromatic heterocycles. The Hall–Kier alpha value is -2.37. The minimum absolute atomic E-state index is 0.0252.